The molecule has 0 bridgehead atoms. The topological polar surface area (TPSA) is 63.0 Å². The molecule has 1 atom stereocenters. The van der Waals surface area contributed by atoms with Gasteiger partial charge in [-0.25, -0.2) is 4.68 Å². The standard InChI is InChI=1S/C22H29N7/c1-2-13-27-15-17-28(18-16-27)21(20-8-11-23-12-9-20)22-24-25-26-29(22)14-10-19-6-4-3-5-7-19/h3-9,11-12,21H,2,10,13-18H2,1H3. The van der Waals surface area contributed by atoms with E-state index in [1.54, 1.807) is 0 Å². The third-order valence-corrected chi connectivity index (χ3v) is 5.59. The van der Waals surface area contributed by atoms with Gasteiger partial charge in [0, 0.05) is 45.1 Å². The van der Waals surface area contributed by atoms with Crippen LogP contribution in [0, 0.1) is 0 Å². The minimum Gasteiger partial charge on any atom is -0.301 e. The molecule has 1 aliphatic rings. The average Bonchev–Trinajstić information content (AvgIpc) is 3.23. The first-order chi connectivity index (χ1) is 14.3. The van der Waals surface area contributed by atoms with Gasteiger partial charge in [-0.2, -0.15) is 0 Å². The summed E-state index contributed by atoms with van der Waals surface area (Å²) in [6.07, 6.45) is 5.82. The van der Waals surface area contributed by atoms with Gasteiger partial charge in [-0.3, -0.25) is 9.88 Å². The van der Waals surface area contributed by atoms with E-state index in [1.807, 2.05) is 23.1 Å². The second-order valence-electron chi connectivity index (χ2n) is 7.56. The monoisotopic (exact) mass is 391 g/mol. The van der Waals surface area contributed by atoms with E-state index in [0.29, 0.717) is 0 Å². The Balaban J connectivity index is 1.55. The number of aryl methyl sites for hydroxylation is 2. The summed E-state index contributed by atoms with van der Waals surface area (Å²) < 4.78 is 1.97. The lowest BCUT2D eigenvalue weighted by molar-refractivity contribution is 0.105. The molecule has 1 unspecified atom stereocenters. The molecule has 1 aromatic carbocycles. The zero-order valence-corrected chi connectivity index (χ0v) is 17.1. The Bertz CT molecular complexity index is 857. The maximum Gasteiger partial charge on any atom is 0.173 e. The quantitative estimate of drug-likeness (QED) is 0.588. The minimum atomic E-state index is 0.0487. The molecule has 3 aromatic rings. The van der Waals surface area contributed by atoms with Crippen LogP contribution in [-0.4, -0.2) is 67.7 Å². The Morgan fingerprint density at radius 2 is 1.69 bits per heavy atom. The molecule has 4 rings (SSSR count). The van der Waals surface area contributed by atoms with Crippen LogP contribution in [0.3, 0.4) is 0 Å². The summed E-state index contributed by atoms with van der Waals surface area (Å²) in [6.45, 7) is 8.37. The van der Waals surface area contributed by atoms with E-state index in [1.165, 1.54) is 24.1 Å². The van der Waals surface area contributed by atoms with Gasteiger partial charge < -0.3 is 4.90 Å². The molecule has 1 aliphatic heterocycles. The third kappa shape index (κ3) is 4.86. The number of aromatic nitrogens is 5. The molecule has 0 amide bonds. The van der Waals surface area contributed by atoms with Crippen molar-refractivity contribution in [3.8, 4) is 0 Å². The molecular weight excluding hydrogens is 362 g/mol. The maximum atomic E-state index is 4.46. The van der Waals surface area contributed by atoms with Crippen molar-refractivity contribution in [1.29, 1.82) is 0 Å². The number of pyridine rings is 1. The van der Waals surface area contributed by atoms with E-state index in [-0.39, 0.29) is 6.04 Å². The van der Waals surface area contributed by atoms with Gasteiger partial charge >= 0.3 is 0 Å². The number of tetrazole rings is 1. The largest absolute Gasteiger partial charge is 0.301 e. The van der Waals surface area contributed by atoms with Gasteiger partial charge in [0.2, 0.25) is 0 Å². The van der Waals surface area contributed by atoms with Crippen LogP contribution in [0.25, 0.3) is 0 Å². The van der Waals surface area contributed by atoms with E-state index in [2.05, 4.69) is 73.6 Å². The van der Waals surface area contributed by atoms with Gasteiger partial charge in [-0.05, 0) is 53.1 Å². The molecule has 2 aromatic heterocycles. The van der Waals surface area contributed by atoms with Crippen LogP contribution in [0.2, 0.25) is 0 Å². The first-order valence-electron chi connectivity index (χ1n) is 10.5. The number of benzene rings is 1. The number of rotatable bonds is 8. The van der Waals surface area contributed by atoms with Crippen LogP contribution in [0.1, 0.15) is 36.3 Å². The highest BCUT2D eigenvalue weighted by atomic mass is 15.6. The third-order valence-electron chi connectivity index (χ3n) is 5.59. The smallest absolute Gasteiger partial charge is 0.173 e. The van der Waals surface area contributed by atoms with Crippen molar-refractivity contribution in [2.45, 2.75) is 32.4 Å². The normalized spacial score (nSPS) is 16.7. The number of hydrogen-bond donors (Lipinski definition) is 0. The SMILES string of the molecule is CCCN1CCN(C(c2ccncc2)c2nnnn2CCc2ccccc2)CC1. The first-order valence-corrected chi connectivity index (χ1v) is 10.5. The zero-order chi connectivity index (χ0) is 19.9. The lowest BCUT2D eigenvalue weighted by Gasteiger charge is -2.38. The first kappa shape index (κ1) is 19.7. The number of hydrogen-bond acceptors (Lipinski definition) is 6. The Hall–Kier alpha value is -2.64. The molecule has 0 N–H and O–H groups in total. The van der Waals surface area contributed by atoms with Gasteiger partial charge in [0.25, 0.3) is 0 Å². The van der Waals surface area contributed by atoms with Crippen LogP contribution in [0.4, 0.5) is 0 Å². The van der Waals surface area contributed by atoms with E-state index in [9.17, 15) is 0 Å². The Morgan fingerprint density at radius 3 is 2.41 bits per heavy atom. The van der Waals surface area contributed by atoms with Crippen LogP contribution in [-0.2, 0) is 13.0 Å². The van der Waals surface area contributed by atoms with Crippen molar-refractivity contribution in [2.75, 3.05) is 32.7 Å². The van der Waals surface area contributed by atoms with E-state index >= 15 is 0 Å². The lowest BCUT2D eigenvalue weighted by Crippen LogP contribution is -2.48. The van der Waals surface area contributed by atoms with Gasteiger partial charge in [0.1, 0.15) is 0 Å². The molecule has 152 valence electrons. The zero-order valence-electron chi connectivity index (χ0n) is 17.1. The summed E-state index contributed by atoms with van der Waals surface area (Å²) in [5.41, 5.74) is 2.49. The van der Waals surface area contributed by atoms with Crippen molar-refractivity contribution >= 4 is 0 Å². The molecule has 29 heavy (non-hydrogen) atoms. The molecule has 7 heteroatoms. The van der Waals surface area contributed by atoms with Gasteiger partial charge in [-0.15, -0.1) is 5.10 Å². The highest BCUT2D eigenvalue weighted by molar-refractivity contribution is 5.23. The number of nitrogens with zero attached hydrogens (tertiary/aromatic N) is 7. The fraction of sp³-hybridized carbons (Fsp3) is 0.455. The molecule has 0 saturated carbocycles. The highest BCUT2D eigenvalue weighted by Crippen LogP contribution is 2.27. The molecular formula is C22H29N7. The number of piperazine rings is 1. The van der Waals surface area contributed by atoms with Gasteiger partial charge in [-0.1, -0.05) is 37.3 Å². The van der Waals surface area contributed by atoms with Crippen molar-refractivity contribution < 1.29 is 0 Å². The summed E-state index contributed by atoms with van der Waals surface area (Å²) in [7, 11) is 0. The van der Waals surface area contributed by atoms with E-state index < -0.39 is 0 Å². The Labute approximate surface area is 172 Å². The second-order valence-corrected chi connectivity index (χ2v) is 7.56. The second kappa shape index (κ2) is 9.71. The average molecular weight is 392 g/mol. The van der Waals surface area contributed by atoms with Crippen molar-refractivity contribution in [3.05, 3.63) is 71.8 Å². The molecule has 1 saturated heterocycles. The fourth-order valence-corrected chi connectivity index (χ4v) is 4.08. The Morgan fingerprint density at radius 1 is 0.931 bits per heavy atom. The van der Waals surface area contributed by atoms with Crippen molar-refractivity contribution in [1.82, 2.24) is 35.0 Å². The Kier molecular flexibility index (Phi) is 6.59. The summed E-state index contributed by atoms with van der Waals surface area (Å²) in [5, 5.41) is 12.8. The summed E-state index contributed by atoms with van der Waals surface area (Å²) in [4.78, 5) is 9.25. The molecule has 7 nitrogen and oxygen atoms in total. The van der Waals surface area contributed by atoms with Crippen LogP contribution < -0.4 is 0 Å². The van der Waals surface area contributed by atoms with Crippen LogP contribution in [0.5, 0.6) is 0 Å². The molecule has 3 heterocycles. The molecule has 1 fully saturated rings. The van der Waals surface area contributed by atoms with E-state index in [4.69, 9.17) is 0 Å². The van der Waals surface area contributed by atoms with Crippen LogP contribution in [0.15, 0.2) is 54.9 Å². The van der Waals surface area contributed by atoms with Crippen molar-refractivity contribution in [2.24, 2.45) is 0 Å². The van der Waals surface area contributed by atoms with E-state index in [0.717, 1.165) is 45.0 Å². The maximum absolute atomic E-state index is 4.46. The summed E-state index contributed by atoms with van der Waals surface area (Å²) in [6, 6.07) is 14.7. The van der Waals surface area contributed by atoms with Crippen molar-refractivity contribution in [3.63, 3.8) is 0 Å². The lowest BCUT2D eigenvalue weighted by atomic mass is 10.0. The molecule has 0 radical (unpaired) electrons. The fourth-order valence-electron chi connectivity index (χ4n) is 4.08. The van der Waals surface area contributed by atoms with Gasteiger partial charge in [0.15, 0.2) is 5.82 Å². The predicted molar refractivity (Wildman–Crippen MR) is 112 cm³/mol. The van der Waals surface area contributed by atoms with Crippen LogP contribution >= 0.6 is 0 Å². The highest BCUT2D eigenvalue weighted by Gasteiger charge is 2.30. The summed E-state index contributed by atoms with van der Waals surface area (Å²) in [5.74, 6) is 0.913. The molecule has 0 aliphatic carbocycles. The molecule has 0 spiro atoms. The summed E-state index contributed by atoms with van der Waals surface area (Å²) >= 11 is 0. The van der Waals surface area contributed by atoms with Gasteiger partial charge in [0.05, 0.1) is 6.04 Å². The minimum absolute atomic E-state index is 0.0487. The predicted octanol–water partition coefficient (Wildman–Crippen LogP) is 2.43.